The van der Waals surface area contributed by atoms with Crippen molar-refractivity contribution >= 4 is 29.4 Å². The van der Waals surface area contributed by atoms with Crippen LogP contribution in [-0.4, -0.2) is 29.6 Å². The molecule has 1 amide bonds. The number of benzene rings is 2. The van der Waals surface area contributed by atoms with Crippen LogP contribution in [0.5, 0.6) is 11.5 Å². The number of thioether (sulfide) groups is 2. The van der Waals surface area contributed by atoms with Crippen molar-refractivity contribution in [3.8, 4) is 11.5 Å². The second kappa shape index (κ2) is 6.61. The van der Waals surface area contributed by atoms with Crippen molar-refractivity contribution in [3.63, 3.8) is 0 Å². The Morgan fingerprint density at radius 1 is 1.17 bits per heavy atom. The predicted molar refractivity (Wildman–Crippen MR) is 96.5 cm³/mol. The average Bonchev–Trinajstić information content (AvgIpc) is 3.22. The van der Waals surface area contributed by atoms with Gasteiger partial charge in [0.15, 0.2) is 11.5 Å². The zero-order valence-electron chi connectivity index (χ0n) is 13.2. The van der Waals surface area contributed by atoms with Gasteiger partial charge in [-0.25, -0.2) is 0 Å². The van der Waals surface area contributed by atoms with Gasteiger partial charge >= 0.3 is 0 Å². The van der Waals surface area contributed by atoms with Gasteiger partial charge in [-0.1, -0.05) is 18.2 Å². The summed E-state index contributed by atoms with van der Waals surface area (Å²) in [4.78, 5) is 15.5. The Balaban J connectivity index is 1.56. The van der Waals surface area contributed by atoms with Gasteiger partial charge in [0.1, 0.15) is 5.37 Å². The van der Waals surface area contributed by atoms with E-state index in [0.29, 0.717) is 12.3 Å². The van der Waals surface area contributed by atoms with Crippen molar-refractivity contribution in [1.82, 2.24) is 4.90 Å². The molecule has 4 nitrogen and oxygen atoms in total. The van der Waals surface area contributed by atoms with Gasteiger partial charge in [-0.05, 0) is 41.6 Å². The largest absolute Gasteiger partial charge is 0.454 e. The van der Waals surface area contributed by atoms with Crippen LogP contribution in [0.25, 0.3) is 0 Å². The Morgan fingerprint density at radius 2 is 1.96 bits per heavy atom. The van der Waals surface area contributed by atoms with E-state index in [0.717, 1.165) is 17.1 Å². The number of carbonyl (C=O) groups excluding carboxylic acids is 1. The first-order valence-electron chi connectivity index (χ1n) is 7.68. The Kier molecular flexibility index (Phi) is 4.33. The van der Waals surface area contributed by atoms with E-state index in [-0.39, 0.29) is 18.1 Å². The molecule has 2 aromatic carbocycles. The van der Waals surface area contributed by atoms with Crippen LogP contribution in [0.4, 0.5) is 0 Å². The molecule has 2 aliphatic heterocycles. The molecular formula is C18H17NO3S2. The maximum atomic E-state index is 12.4. The normalized spacial score (nSPS) is 19.1. The summed E-state index contributed by atoms with van der Waals surface area (Å²) in [6.45, 7) is 0.846. The van der Waals surface area contributed by atoms with Crippen LogP contribution in [0.15, 0.2) is 47.4 Å². The van der Waals surface area contributed by atoms with Gasteiger partial charge < -0.3 is 14.4 Å². The van der Waals surface area contributed by atoms with Crippen LogP contribution in [0.2, 0.25) is 0 Å². The molecule has 6 heteroatoms. The Labute approximate surface area is 149 Å². The molecular weight excluding hydrogens is 342 g/mol. The molecule has 2 heterocycles. The van der Waals surface area contributed by atoms with Gasteiger partial charge in [-0.2, -0.15) is 0 Å². The molecule has 1 saturated heterocycles. The number of rotatable bonds is 4. The molecule has 0 N–H and O–H groups in total. The molecule has 124 valence electrons. The maximum absolute atomic E-state index is 12.4. The summed E-state index contributed by atoms with van der Waals surface area (Å²) in [6, 6.07) is 14.3. The van der Waals surface area contributed by atoms with Crippen LogP contribution in [0.1, 0.15) is 16.5 Å². The first-order chi connectivity index (χ1) is 11.7. The van der Waals surface area contributed by atoms with E-state index in [9.17, 15) is 4.79 Å². The van der Waals surface area contributed by atoms with Crippen molar-refractivity contribution in [2.45, 2.75) is 16.8 Å². The highest BCUT2D eigenvalue weighted by atomic mass is 32.2. The van der Waals surface area contributed by atoms with E-state index >= 15 is 0 Å². The minimum atomic E-state index is 0.0684. The third-order valence-electron chi connectivity index (χ3n) is 4.16. The summed E-state index contributed by atoms with van der Waals surface area (Å²) < 4.78 is 10.8. The summed E-state index contributed by atoms with van der Waals surface area (Å²) in [5, 5.41) is 0.0684. The lowest BCUT2D eigenvalue weighted by molar-refractivity contribution is -0.128. The Bertz CT molecular complexity index is 763. The van der Waals surface area contributed by atoms with Crippen molar-refractivity contribution in [2.75, 3.05) is 18.8 Å². The lowest BCUT2D eigenvalue weighted by Gasteiger charge is -2.24. The fraction of sp³-hybridized carbons (Fsp3) is 0.278. The number of hydrogen-bond acceptors (Lipinski definition) is 5. The highest BCUT2D eigenvalue weighted by Gasteiger charge is 2.33. The topological polar surface area (TPSA) is 38.8 Å². The van der Waals surface area contributed by atoms with Crippen molar-refractivity contribution in [2.24, 2.45) is 0 Å². The van der Waals surface area contributed by atoms with Gasteiger partial charge in [0.2, 0.25) is 12.7 Å². The van der Waals surface area contributed by atoms with Gasteiger partial charge in [0, 0.05) is 11.4 Å². The van der Waals surface area contributed by atoms with E-state index in [1.165, 1.54) is 10.5 Å². The third kappa shape index (κ3) is 2.96. The lowest BCUT2D eigenvalue weighted by atomic mass is 10.1. The highest BCUT2D eigenvalue weighted by Crippen LogP contribution is 2.41. The van der Waals surface area contributed by atoms with Gasteiger partial charge in [-0.15, -0.1) is 23.5 Å². The number of nitrogens with zero attached hydrogens (tertiary/aromatic N) is 1. The molecule has 4 rings (SSSR count). The van der Waals surface area contributed by atoms with Crippen molar-refractivity contribution in [3.05, 3.63) is 53.6 Å². The van der Waals surface area contributed by atoms with Gasteiger partial charge in [0.25, 0.3) is 0 Å². The smallest absolute Gasteiger partial charge is 0.234 e. The standard InChI is InChI=1S/C18H17NO3S2/c1-23-14-5-3-13(4-6-14)18-19(17(20)10-24-18)9-12-2-7-15-16(8-12)22-11-21-15/h2-8,18H,9-11H2,1H3. The summed E-state index contributed by atoms with van der Waals surface area (Å²) in [5.41, 5.74) is 2.23. The Morgan fingerprint density at radius 3 is 2.75 bits per heavy atom. The first kappa shape index (κ1) is 15.7. The van der Waals surface area contributed by atoms with E-state index in [1.807, 2.05) is 23.1 Å². The summed E-state index contributed by atoms with van der Waals surface area (Å²) in [7, 11) is 0. The fourth-order valence-corrected chi connectivity index (χ4v) is 4.50. The zero-order valence-corrected chi connectivity index (χ0v) is 14.9. The molecule has 0 saturated carbocycles. The predicted octanol–water partition coefficient (Wildman–Crippen LogP) is 3.91. The lowest BCUT2D eigenvalue weighted by Crippen LogP contribution is -2.27. The fourth-order valence-electron chi connectivity index (χ4n) is 2.91. The van der Waals surface area contributed by atoms with Crippen LogP contribution in [0.3, 0.4) is 0 Å². The molecule has 2 aromatic rings. The van der Waals surface area contributed by atoms with E-state index in [1.54, 1.807) is 23.5 Å². The number of carbonyl (C=O) groups is 1. The molecule has 1 atom stereocenters. The maximum Gasteiger partial charge on any atom is 0.234 e. The van der Waals surface area contributed by atoms with Crippen molar-refractivity contribution < 1.29 is 14.3 Å². The van der Waals surface area contributed by atoms with E-state index < -0.39 is 0 Å². The number of ether oxygens (including phenoxy) is 2. The van der Waals surface area contributed by atoms with E-state index in [2.05, 4.69) is 30.5 Å². The summed E-state index contributed by atoms with van der Waals surface area (Å²) in [6.07, 6.45) is 2.06. The molecule has 0 spiro atoms. The molecule has 0 radical (unpaired) electrons. The number of fused-ring (bicyclic) bond motifs is 1. The molecule has 0 bridgehead atoms. The molecule has 2 aliphatic rings. The van der Waals surface area contributed by atoms with Gasteiger partial charge in [-0.3, -0.25) is 4.79 Å². The number of hydrogen-bond donors (Lipinski definition) is 0. The van der Waals surface area contributed by atoms with Crippen LogP contribution < -0.4 is 9.47 Å². The monoisotopic (exact) mass is 359 g/mol. The number of amides is 1. The second-order valence-corrected chi connectivity index (χ2v) is 7.59. The molecule has 1 unspecified atom stereocenters. The highest BCUT2D eigenvalue weighted by molar-refractivity contribution is 8.00. The van der Waals surface area contributed by atoms with Gasteiger partial charge in [0.05, 0.1) is 5.75 Å². The van der Waals surface area contributed by atoms with Crippen LogP contribution in [-0.2, 0) is 11.3 Å². The second-order valence-electron chi connectivity index (χ2n) is 5.65. The minimum Gasteiger partial charge on any atom is -0.454 e. The third-order valence-corrected chi connectivity index (χ3v) is 6.16. The minimum absolute atomic E-state index is 0.0684. The quantitative estimate of drug-likeness (QED) is 0.774. The Hall–Kier alpha value is -1.79. The summed E-state index contributed by atoms with van der Waals surface area (Å²) >= 11 is 3.41. The summed E-state index contributed by atoms with van der Waals surface area (Å²) in [5.74, 6) is 2.23. The SMILES string of the molecule is CSc1ccc(C2SCC(=O)N2Cc2ccc3c(c2)OCO3)cc1. The van der Waals surface area contributed by atoms with Crippen molar-refractivity contribution in [1.29, 1.82) is 0 Å². The zero-order chi connectivity index (χ0) is 16.5. The molecule has 0 aromatic heterocycles. The first-order valence-corrected chi connectivity index (χ1v) is 9.95. The average molecular weight is 359 g/mol. The molecule has 0 aliphatic carbocycles. The molecule has 1 fully saturated rings. The molecule has 24 heavy (non-hydrogen) atoms. The van der Waals surface area contributed by atoms with E-state index in [4.69, 9.17) is 9.47 Å². The van der Waals surface area contributed by atoms with Crippen LogP contribution >= 0.6 is 23.5 Å². The van der Waals surface area contributed by atoms with Crippen LogP contribution in [0, 0.1) is 0 Å².